The Balaban J connectivity index is 1.56. The van der Waals surface area contributed by atoms with Crippen molar-refractivity contribution in [1.82, 2.24) is 20.1 Å². The molecular formula is C16H28N4O. The molecule has 1 aromatic heterocycles. The van der Waals surface area contributed by atoms with E-state index < -0.39 is 0 Å². The molecule has 4 atom stereocenters. The molecule has 3 rings (SSSR count). The molecule has 2 heterocycles. The normalized spacial score (nSPS) is 32.9. The molecule has 0 unspecified atom stereocenters. The number of ether oxygens (including phenoxy) is 1. The summed E-state index contributed by atoms with van der Waals surface area (Å²) in [5.41, 5.74) is 0. The van der Waals surface area contributed by atoms with Crippen molar-refractivity contribution < 1.29 is 4.74 Å². The minimum atomic E-state index is 0.510. The molecule has 0 aromatic carbocycles. The van der Waals surface area contributed by atoms with Gasteiger partial charge >= 0.3 is 0 Å². The molecule has 1 saturated carbocycles. The van der Waals surface area contributed by atoms with Gasteiger partial charge in [0.25, 0.3) is 0 Å². The summed E-state index contributed by atoms with van der Waals surface area (Å²) >= 11 is 0. The van der Waals surface area contributed by atoms with Gasteiger partial charge in [-0.25, -0.2) is 9.67 Å². The van der Waals surface area contributed by atoms with Crippen molar-refractivity contribution in [2.75, 3.05) is 7.11 Å². The molecule has 1 fully saturated rings. The molecule has 1 aliphatic carbocycles. The lowest BCUT2D eigenvalue weighted by Gasteiger charge is -2.36. The van der Waals surface area contributed by atoms with Gasteiger partial charge in [-0.15, -0.1) is 0 Å². The van der Waals surface area contributed by atoms with Crippen LogP contribution in [0.15, 0.2) is 0 Å². The van der Waals surface area contributed by atoms with Crippen molar-refractivity contribution in [3.8, 4) is 0 Å². The fourth-order valence-corrected chi connectivity index (χ4v) is 3.72. The Morgan fingerprint density at radius 2 is 2.05 bits per heavy atom. The van der Waals surface area contributed by atoms with Crippen molar-refractivity contribution in [3.05, 3.63) is 11.6 Å². The van der Waals surface area contributed by atoms with Crippen LogP contribution >= 0.6 is 0 Å². The third kappa shape index (κ3) is 3.46. The van der Waals surface area contributed by atoms with Gasteiger partial charge in [0, 0.05) is 25.6 Å². The maximum absolute atomic E-state index is 5.12. The number of aromatic nitrogens is 3. The predicted octanol–water partition coefficient (Wildman–Crippen LogP) is 2.15. The molecule has 21 heavy (non-hydrogen) atoms. The van der Waals surface area contributed by atoms with Crippen molar-refractivity contribution >= 4 is 0 Å². The lowest BCUT2D eigenvalue weighted by molar-refractivity contribution is 0.177. The molecular weight excluding hydrogens is 264 g/mol. The standard InChI is InChI=1S/C16H28N4O/c1-11-4-5-13(8-12(11)2)17-14-6-7-16-18-15(10-21-3)19-20(16)9-14/h11-14,17H,4-10H2,1-3H3/t11-,12-,13+,14+/m0/s1. The molecule has 1 aromatic rings. The zero-order chi connectivity index (χ0) is 14.8. The van der Waals surface area contributed by atoms with Crippen LogP contribution in [0.4, 0.5) is 0 Å². The molecule has 5 heteroatoms. The van der Waals surface area contributed by atoms with E-state index in [4.69, 9.17) is 4.74 Å². The number of hydrogen-bond donors (Lipinski definition) is 1. The number of methoxy groups -OCH3 is 1. The van der Waals surface area contributed by atoms with E-state index in [1.54, 1.807) is 7.11 Å². The van der Waals surface area contributed by atoms with Crippen LogP contribution < -0.4 is 5.32 Å². The third-order valence-electron chi connectivity index (χ3n) is 5.24. The monoisotopic (exact) mass is 292 g/mol. The molecule has 0 amide bonds. The molecule has 0 spiro atoms. The van der Waals surface area contributed by atoms with Gasteiger partial charge in [0.1, 0.15) is 12.4 Å². The fraction of sp³-hybridized carbons (Fsp3) is 0.875. The SMILES string of the molecule is COCc1nc2n(n1)C[C@H](N[C@@H]1CC[C@H](C)[C@@H](C)C1)CC2. The van der Waals surface area contributed by atoms with Gasteiger partial charge < -0.3 is 10.1 Å². The van der Waals surface area contributed by atoms with Crippen LogP contribution in [0.2, 0.25) is 0 Å². The number of aryl methyl sites for hydroxylation is 1. The zero-order valence-electron chi connectivity index (χ0n) is 13.5. The van der Waals surface area contributed by atoms with E-state index in [1.165, 1.54) is 25.7 Å². The first-order valence-corrected chi connectivity index (χ1v) is 8.33. The molecule has 0 bridgehead atoms. The van der Waals surface area contributed by atoms with Gasteiger partial charge in [-0.1, -0.05) is 13.8 Å². The molecule has 1 aliphatic heterocycles. The maximum Gasteiger partial charge on any atom is 0.176 e. The molecule has 0 saturated heterocycles. The second-order valence-corrected chi connectivity index (χ2v) is 6.93. The quantitative estimate of drug-likeness (QED) is 0.924. The average molecular weight is 292 g/mol. The second kappa shape index (κ2) is 6.44. The minimum Gasteiger partial charge on any atom is -0.377 e. The predicted molar refractivity (Wildman–Crippen MR) is 81.9 cm³/mol. The van der Waals surface area contributed by atoms with Crippen molar-refractivity contribution in [3.63, 3.8) is 0 Å². The second-order valence-electron chi connectivity index (χ2n) is 6.93. The minimum absolute atomic E-state index is 0.510. The summed E-state index contributed by atoms with van der Waals surface area (Å²) in [5, 5.41) is 8.42. The first-order valence-electron chi connectivity index (χ1n) is 8.33. The molecule has 2 aliphatic rings. The Morgan fingerprint density at radius 1 is 1.19 bits per heavy atom. The van der Waals surface area contributed by atoms with Gasteiger partial charge in [-0.05, 0) is 37.5 Å². The number of fused-ring (bicyclic) bond motifs is 1. The summed E-state index contributed by atoms with van der Waals surface area (Å²) in [6.45, 7) is 6.25. The van der Waals surface area contributed by atoms with Crippen molar-refractivity contribution in [1.29, 1.82) is 0 Å². The lowest BCUT2D eigenvalue weighted by Crippen LogP contribution is -2.46. The number of rotatable bonds is 4. The summed E-state index contributed by atoms with van der Waals surface area (Å²) in [6, 6.07) is 1.23. The highest BCUT2D eigenvalue weighted by Crippen LogP contribution is 2.30. The summed E-state index contributed by atoms with van der Waals surface area (Å²) in [6.07, 6.45) is 6.19. The van der Waals surface area contributed by atoms with E-state index in [9.17, 15) is 0 Å². The van der Waals surface area contributed by atoms with Crippen LogP contribution in [-0.4, -0.2) is 34.0 Å². The number of hydrogen-bond acceptors (Lipinski definition) is 4. The van der Waals surface area contributed by atoms with E-state index in [0.29, 0.717) is 18.7 Å². The molecule has 0 radical (unpaired) electrons. The maximum atomic E-state index is 5.12. The average Bonchev–Trinajstić information content (AvgIpc) is 2.85. The van der Waals surface area contributed by atoms with E-state index in [2.05, 4.69) is 33.9 Å². The lowest BCUT2D eigenvalue weighted by atomic mass is 9.79. The topological polar surface area (TPSA) is 52.0 Å². The van der Waals surface area contributed by atoms with Crippen LogP contribution in [0.25, 0.3) is 0 Å². The first-order chi connectivity index (χ1) is 10.2. The summed E-state index contributed by atoms with van der Waals surface area (Å²) in [5.74, 6) is 3.65. The highest BCUT2D eigenvalue weighted by atomic mass is 16.5. The highest BCUT2D eigenvalue weighted by Gasteiger charge is 2.28. The fourth-order valence-electron chi connectivity index (χ4n) is 3.72. The Bertz CT molecular complexity index is 473. The number of nitrogens with zero attached hydrogens (tertiary/aromatic N) is 3. The Hall–Kier alpha value is -0.940. The van der Waals surface area contributed by atoms with Crippen LogP contribution in [0.5, 0.6) is 0 Å². The molecule has 118 valence electrons. The van der Waals surface area contributed by atoms with Crippen LogP contribution in [0.3, 0.4) is 0 Å². The van der Waals surface area contributed by atoms with E-state index in [1.807, 2.05) is 0 Å². The summed E-state index contributed by atoms with van der Waals surface area (Å²) < 4.78 is 7.20. The zero-order valence-corrected chi connectivity index (χ0v) is 13.5. The first kappa shape index (κ1) is 15.0. The summed E-state index contributed by atoms with van der Waals surface area (Å²) in [7, 11) is 1.69. The van der Waals surface area contributed by atoms with Crippen LogP contribution in [0, 0.1) is 11.8 Å². The third-order valence-corrected chi connectivity index (χ3v) is 5.24. The highest BCUT2D eigenvalue weighted by molar-refractivity contribution is 4.98. The smallest absolute Gasteiger partial charge is 0.176 e. The van der Waals surface area contributed by atoms with Gasteiger partial charge in [-0.3, -0.25) is 0 Å². The van der Waals surface area contributed by atoms with Crippen LogP contribution in [0.1, 0.15) is 51.2 Å². The van der Waals surface area contributed by atoms with E-state index in [-0.39, 0.29) is 0 Å². The van der Waals surface area contributed by atoms with Gasteiger partial charge in [0.2, 0.25) is 0 Å². The Labute approximate surface area is 127 Å². The largest absolute Gasteiger partial charge is 0.377 e. The molecule has 1 N–H and O–H groups in total. The van der Waals surface area contributed by atoms with E-state index >= 15 is 0 Å². The molecule has 5 nitrogen and oxygen atoms in total. The van der Waals surface area contributed by atoms with Gasteiger partial charge in [-0.2, -0.15) is 5.10 Å². The van der Waals surface area contributed by atoms with Gasteiger partial charge in [0.15, 0.2) is 5.82 Å². The Kier molecular flexibility index (Phi) is 4.60. The van der Waals surface area contributed by atoms with E-state index in [0.717, 1.165) is 36.5 Å². The number of nitrogens with one attached hydrogen (secondary N) is 1. The van der Waals surface area contributed by atoms with Crippen molar-refractivity contribution in [2.45, 2.75) is 71.2 Å². The Morgan fingerprint density at radius 3 is 2.81 bits per heavy atom. The summed E-state index contributed by atoms with van der Waals surface area (Å²) in [4.78, 5) is 4.54. The van der Waals surface area contributed by atoms with Crippen molar-refractivity contribution in [2.24, 2.45) is 11.8 Å². The van der Waals surface area contributed by atoms with Gasteiger partial charge in [0.05, 0.1) is 6.54 Å². The van der Waals surface area contributed by atoms with Crippen LogP contribution in [-0.2, 0) is 24.3 Å².